The molecule has 124 valence electrons. The molecule has 2 aliphatic rings. The Hall–Kier alpha value is -2.19. The number of thioether (sulfide) groups is 1. The number of carbonyl (C=O) groups excluding carboxylic acids is 2. The van der Waals surface area contributed by atoms with Crippen molar-refractivity contribution < 1.29 is 19.5 Å². The van der Waals surface area contributed by atoms with Gasteiger partial charge in [-0.15, -0.1) is 0 Å². The summed E-state index contributed by atoms with van der Waals surface area (Å²) in [6.07, 6.45) is 0.785. The molecule has 0 unspecified atom stereocenters. The standard InChI is InChI=1S/C16H14N2O4S2/c1-2-7-17-10-6-4-3-5-9(10)12(14(17)21)13-15(22)18(8-11(19)20)16(23)24-13/h3-6H,2,7-8H2,1H3,(H,19,20). The molecule has 24 heavy (non-hydrogen) atoms. The summed E-state index contributed by atoms with van der Waals surface area (Å²) < 4.78 is 0.157. The predicted octanol–water partition coefficient (Wildman–Crippen LogP) is 2.10. The summed E-state index contributed by atoms with van der Waals surface area (Å²) in [7, 11) is 0. The molecule has 0 aromatic heterocycles. The number of fused-ring (bicyclic) bond motifs is 1. The minimum Gasteiger partial charge on any atom is -0.480 e. The molecule has 1 aromatic carbocycles. The van der Waals surface area contributed by atoms with Crippen LogP contribution in [-0.2, 0) is 14.4 Å². The van der Waals surface area contributed by atoms with E-state index in [1.165, 1.54) is 0 Å². The summed E-state index contributed by atoms with van der Waals surface area (Å²) >= 11 is 6.10. The lowest BCUT2D eigenvalue weighted by Gasteiger charge is -2.15. The Balaban J connectivity index is 2.10. The van der Waals surface area contributed by atoms with Gasteiger partial charge in [0.15, 0.2) is 0 Å². The highest BCUT2D eigenvalue weighted by molar-refractivity contribution is 8.26. The van der Waals surface area contributed by atoms with E-state index in [4.69, 9.17) is 17.3 Å². The first-order valence-corrected chi connectivity index (χ1v) is 8.59. The fourth-order valence-corrected chi connectivity index (χ4v) is 4.09. The zero-order chi connectivity index (χ0) is 17.4. The number of carboxylic acids is 1. The number of thiocarbonyl (C=S) groups is 1. The average Bonchev–Trinajstić information content (AvgIpc) is 2.96. The topological polar surface area (TPSA) is 77.9 Å². The molecule has 2 aliphatic heterocycles. The molecular weight excluding hydrogens is 348 g/mol. The third-order valence-electron chi connectivity index (χ3n) is 3.74. The summed E-state index contributed by atoms with van der Waals surface area (Å²) in [6, 6.07) is 7.28. The maximum Gasteiger partial charge on any atom is 0.323 e. The van der Waals surface area contributed by atoms with Gasteiger partial charge in [0.1, 0.15) is 10.9 Å². The number of nitrogens with zero attached hydrogens (tertiary/aromatic N) is 2. The third-order valence-corrected chi connectivity index (χ3v) is 5.19. The molecule has 0 bridgehead atoms. The summed E-state index contributed by atoms with van der Waals surface area (Å²) in [5.74, 6) is -1.92. The molecule has 1 saturated heterocycles. The Morgan fingerprint density at radius 3 is 2.58 bits per heavy atom. The molecular formula is C16H14N2O4S2. The number of benzene rings is 1. The minimum absolute atomic E-state index is 0.157. The smallest absolute Gasteiger partial charge is 0.323 e. The molecule has 0 radical (unpaired) electrons. The summed E-state index contributed by atoms with van der Waals surface area (Å²) in [6.45, 7) is 2.02. The van der Waals surface area contributed by atoms with Crippen LogP contribution in [0.4, 0.5) is 5.69 Å². The Kier molecular flexibility index (Phi) is 4.42. The van der Waals surface area contributed by atoms with E-state index in [-0.39, 0.29) is 15.1 Å². The molecule has 0 spiro atoms. The van der Waals surface area contributed by atoms with E-state index < -0.39 is 18.4 Å². The Morgan fingerprint density at radius 1 is 1.21 bits per heavy atom. The summed E-state index contributed by atoms with van der Waals surface area (Å²) in [5, 5.41) is 8.93. The van der Waals surface area contributed by atoms with Crippen LogP contribution in [0.3, 0.4) is 0 Å². The number of anilines is 1. The maximum atomic E-state index is 12.8. The van der Waals surface area contributed by atoms with E-state index in [1.807, 2.05) is 19.1 Å². The molecule has 2 amide bonds. The highest BCUT2D eigenvalue weighted by atomic mass is 32.2. The zero-order valence-electron chi connectivity index (χ0n) is 12.8. The zero-order valence-corrected chi connectivity index (χ0v) is 14.4. The van der Waals surface area contributed by atoms with E-state index in [0.29, 0.717) is 17.7 Å². The summed E-state index contributed by atoms with van der Waals surface area (Å²) in [4.78, 5) is 39.2. The van der Waals surface area contributed by atoms with Crippen molar-refractivity contribution in [1.29, 1.82) is 0 Å². The lowest BCUT2D eigenvalue weighted by Crippen LogP contribution is -2.33. The number of carbonyl (C=O) groups is 3. The van der Waals surface area contributed by atoms with Gasteiger partial charge in [-0.3, -0.25) is 19.3 Å². The first-order valence-electron chi connectivity index (χ1n) is 7.36. The van der Waals surface area contributed by atoms with Gasteiger partial charge < -0.3 is 10.0 Å². The maximum absolute atomic E-state index is 12.8. The van der Waals surface area contributed by atoms with Gasteiger partial charge in [-0.2, -0.15) is 0 Å². The van der Waals surface area contributed by atoms with Crippen LogP contribution in [0.25, 0.3) is 5.57 Å². The normalized spacial score (nSPS) is 20.1. The second-order valence-electron chi connectivity index (χ2n) is 5.33. The van der Waals surface area contributed by atoms with E-state index in [2.05, 4.69) is 0 Å². The third kappa shape index (κ3) is 2.61. The van der Waals surface area contributed by atoms with Gasteiger partial charge in [0.25, 0.3) is 11.8 Å². The van der Waals surface area contributed by atoms with Crippen LogP contribution in [0.1, 0.15) is 18.9 Å². The molecule has 8 heteroatoms. The average molecular weight is 362 g/mol. The molecule has 1 fully saturated rings. The quantitative estimate of drug-likeness (QED) is 0.653. The largest absolute Gasteiger partial charge is 0.480 e. The van der Waals surface area contributed by atoms with Crippen molar-refractivity contribution >= 4 is 57.3 Å². The highest BCUT2D eigenvalue weighted by Gasteiger charge is 2.42. The van der Waals surface area contributed by atoms with E-state index >= 15 is 0 Å². The number of amides is 2. The van der Waals surface area contributed by atoms with Crippen molar-refractivity contribution in [1.82, 2.24) is 4.90 Å². The Morgan fingerprint density at radius 2 is 1.92 bits per heavy atom. The van der Waals surface area contributed by atoms with Gasteiger partial charge in [0, 0.05) is 12.1 Å². The van der Waals surface area contributed by atoms with Crippen LogP contribution in [0.5, 0.6) is 0 Å². The first-order chi connectivity index (χ1) is 11.5. The second-order valence-corrected chi connectivity index (χ2v) is 6.98. The first kappa shape index (κ1) is 16.7. The van der Waals surface area contributed by atoms with Crippen molar-refractivity contribution in [3.63, 3.8) is 0 Å². The van der Waals surface area contributed by atoms with Crippen LogP contribution in [0, 0.1) is 0 Å². The van der Waals surface area contributed by atoms with Crippen LogP contribution >= 0.6 is 24.0 Å². The number of aliphatic carboxylic acids is 1. The number of hydrogen-bond donors (Lipinski definition) is 1. The van der Waals surface area contributed by atoms with Crippen molar-refractivity contribution in [3.8, 4) is 0 Å². The van der Waals surface area contributed by atoms with Gasteiger partial charge >= 0.3 is 5.97 Å². The molecule has 2 heterocycles. The van der Waals surface area contributed by atoms with Crippen molar-refractivity contribution in [3.05, 3.63) is 34.7 Å². The van der Waals surface area contributed by atoms with Crippen molar-refractivity contribution in [2.24, 2.45) is 0 Å². The number of carboxylic acid groups (broad SMARTS) is 1. The molecule has 6 nitrogen and oxygen atoms in total. The lowest BCUT2D eigenvalue weighted by atomic mass is 10.1. The van der Waals surface area contributed by atoms with Gasteiger partial charge in [-0.25, -0.2) is 0 Å². The van der Waals surface area contributed by atoms with E-state index in [1.54, 1.807) is 17.0 Å². The fourth-order valence-electron chi connectivity index (χ4n) is 2.77. The van der Waals surface area contributed by atoms with E-state index in [9.17, 15) is 14.4 Å². The monoisotopic (exact) mass is 362 g/mol. The molecule has 1 N–H and O–H groups in total. The minimum atomic E-state index is -1.15. The van der Waals surface area contributed by atoms with Crippen LogP contribution in [0.15, 0.2) is 29.2 Å². The van der Waals surface area contributed by atoms with Gasteiger partial charge in [0.05, 0.1) is 16.2 Å². The highest BCUT2D eigenvalue weighted by Crippen LogP contribution is 2.44. The molecule has 0 atom stereocenters. The molecule has 3 rings (SSSR count). The lowest BCUT2D eigenvalue weighted by molar-refractivity contribution is -0.140. The fraction of sp³-hybridized carbons (Fsp3) is 0.250. The van der Waals surface area contributed by atoms with Crippen LogP contribution < -0.4 is 4.90 Å². The van der Waals surface area contributed by atoms with Crippen LogP contribution in [0.2, 0.25) is 0 Å². The van der Waals surface area contributed by atoms with Gasteiger partial charge in [-0.05, 0) is 12.5 Å². The molecule has 0 aliphatic carbocycles. The Labute approximate surface area is 148 Å². The van der Waals surface area contributed by atoms with Crippen molar-refractivity contribution in [2.45, 2.75) is 13.3 Å². The van der Waals surface area contributed by atoms with E-state index in [0.717, 1.165) is 28.8 Å². The van der Waals surface area contributed by atoms with Crippen molar-refractivity contribution in [2.75, 3.05) is 18.0 Å². The molecule has 0 saturated carbocycles. The molecule has 1 aromatic rings. The SMILES string of the molecule is CCCN1C(=O)C(=C2SC(=S)N(CC(=O)O)C2=O)c2ccccc21. The predicted molar refractivity (Wildman–Crippen MR) is 95.5 cm³/mol. The summed E-state index contributed by atoms with van der Waals surface area (Å²) in [5.41, 5.74) is 1.76. The van der Waals surface area contributed by atoms with Gasteiger partial charge in [-0.1, -0.05) is 49.1 Å². The van der Waals surface area contributed by atoms with Gasteiger partial charge in [0.2, 0.25) is 0 Å². The number of hydrogen-bond acceptors (Lipinski definition) is 5. The Bertz CT molecular complexity index is 803. The second kappa shape index (κ2) is 6.37. The number of rotatable bonds is 4. The van der Waals surface area contributed by atoms with Crippen LogP contribution in [-0.4, -0.2) is 45.2 Å². The number of para-hydroxylation sites is 1.